The van der Waals surface area contributed by atoms with Gasteiger partial charge in [0.2, 0.25) is 0 Å². The van der Waals surface area contributed by atoms with Gasteiger partial charge in [-0.1, -0.05) is 6.92 Å². The first-order chi connectivity index (χ1) is 7.25. The summed E-state index contributed by atoms with van der Waals surface area (Å²) in [6, 6.07) is 0. The van der Waals surface area contributed by atoms with Crippen molar-refractivity contribution in [3.63, 3.8) is 0 Å². The highest BCUT2D eigenvalue weighted by molar-refractivity contribution is 6.21. The molecule has 2 aliphatic rings. The van der Waals surface area contributed by atoms with Gasteiger partial charge in [0.15, 0.2) is 0 Å². The monoisotopic (exact) mass is 230 g/mol. The number of piperidine rings is 1. The molecular formula is C12H23ClN2. The Hall–Kier alpha value is 0.210. The largest absolute Gasteiger partial charge is 0.302 e. The average molecular weight is 231 g/mol. The molecular weight excluding hydrogens is 208 g/mol. The molecule has 0 aliphatic carbocycles. The lowest BCUT2D eigenvalue weighted by atomic mass is 9.99. The highest BCUT2D eigenvalue weighted by Crippen LogP contribution is 2.21. The van der Waals surface area contributed by atoms with Gasteiger partial charge in [-0.05, 0) is 44.8 Å². The van der Waals surface area contributed by atoms with E-state index >= 15 is 0 Å². The van der Waals surface area contributed by atoms with Crippen LogP contribution in [0, 0.1) is 5.92 Å². The van der Waals surface area contributed by atoms with Crippen molar-refractivity contribution in [2.75, 3.05) is 39.3 Å². The van der Waals surface area contributed by atoms with Crippen molar-refractivity contribution in [3.8, 4) is 0 Å². The van der Waals surface area contributed by atoms with E-state index in [0.29, 0.717) is 11.3 Å². The molecule has 2 atom stereocenters. The molecule has 2 fully saturated rings. The van der Waals surface area contributed by atoms with E-state index < -0.39 is 0 Å². The van der Waals surface area contributed by atoms with Gasteiger partial charge in [-0.15, -0.1) is 11.6 Å². The lowest BCUT2D eigenvalue weighted by Gasteiger charge is -2.34. The van der Waals surface area contributed by atoms with Gasteiger partial charge in [-0.2, -0.15) is 0 Å². The molecule has 0 bridgehead atoms. The molecule has 0 aromatic carbocycles. The minimum absolute atomic E-state index is 0.373. The number of hydrogen-bond acceptors (Lipinski definition) is 2. The van der Waals surface area contributed by atoms with Crippen LogP contribution >= 0.6 is 11.6 Å². The molecule has 2 aliphatic heterocycles. The van der Waals surface area contributed by atoms with Crippen molar-refractivity contribution in [1.29, 1.82) is 0 Å². The molecule has 2 saturated heterocycles. The third-order valence-electron chi connectivity index (χ3n) is 3.88. The molecule has 2 heterocycles. The predicted octanol–water partition coefficient (Wildman–Crippen LogP) is 2.03. The second kappa shape index (κ2) is 5.51. The van der Waals surface area contributed by atoms with E-state index in [2.05, 4.69) is 16.7 Å². The van der Waals surface area contributed by atoms with Crippen molar-refractivity contribution >= 4 is 11.6 Å². The normalized spacial score (nSPS) is 34.8. The van der Waals surface area contributed by atoms with Gasteiger partial charge in [-0.25, -0.2) is 0 Å². The Bertz CT molecular complexity index is 192. The summed E-state index contributed by atoms with van der Waals surface area (Å²) in [6.45, 7) is 9.71. The summed E-state index contributed by atoms with van der Waals surface area (Å²) in [5.74, 6) is 0.703. The fraction of sp³-hybridized carbons (Fsp3) is 1.00. The number of hydrogen-bond donors (Lipinski definition) is 0. The average Bonchev–Trinajstić information content (AvgIpc) is 2.73. The molecule has 15 heavy (non-hydrogen) atoms. The maximum absolute atomic E-state index is 6.30. The van der Waals surface area contributed by atoms with Crippen LogP contribution < -0.4 is 0 Å². The molecule has 0 aromatic heterocycles. The number of likely N-dealkylation sites (tertiary alicyclic amines) is 2. The maximum atomic E-state index is 6.30. The third kappa shape index (κ3) is 3.33. The fourth-order valence-corrected chi connectivity index (χ4v) is 2.90. The Balaban J connectivity index is 1.66. The number of halogens is 1. The lowest BCUT2D eigenvalue weighted by Crippen LogP contribution is -2.43. The Morgan fingerprint density at radius 1 is 1.07 bits per heavy atom. The van der Waals surface area contributed by atoms with E-state index in [4.69, 9.17) is 11.6 Å². The zero-order valence-electron chi connectivity index (χ0n) is 9.79. The minimum atomic E-state index is 0.373. The Morgan fingerprint density at radius 3 is 2.40 bits per heavy atom. The van der Waals surface area contributed by atoms with Crippen molar-refractivity contribution in [1.82, 2.24) is 9.80 Å². The fourth-order valence-electron chi connectivity index (χ4n) is 2.58. The van der Waals surface area contributed by atoms with E-state index in [1.54, 1.807) is 0 Å². The van der Waals surface area contributed by atoms with Crippen LogP contribution in [0.2, 0.25) is 0 Å². The van der Waals surface area contributed by atoms with E-state index in [1.165, 1.54) is 52.0 Å². The van der Waals surface area contributed by atoms with Crippen LogP contribution in [0.3, 0.4) is 0 Å². The van der Waals surface area contributed by atoms with Crippen LogP contribution in [0.5, 0.6) is 0 Å². The Labute approximate surface area is 98.6 Å². The van der Waals surface area contributed by atoms with Crippen molar-refractivity contribution in [3.05, 3.63) is 0 Å². The zero-order valence-corrected chi connectivity index (χ0v) is 10.5. The molecule has 0 N–H and O–H groups in total. The molecule has 3 heteroatoms. The maximum Gasteiger partial charge on any atom is 0.0489 e. The van der Waals surface area contributed by atoms with Gasteiger partial charge < -0.3 is 9.80 Å². The van der Waals surface area contributed by atoms with Gasteiger partial charge >= 0.3 is 0 Å². The molecule has 0 aromatic rings. The number of rotatable bonds is 3. The van der Waals surface area contributed by atoms with Crippen LogP contribution in [0.25, 0.3) is 0 Å². The molecule has 2 rings (SSSR count). The summed E-state index contributed by atoms with van der Waals surface area (Å²) in [7, 11) is 0. The summed E-state index contributed by atoms with van der Waals surface area (Å²) < 4.78 is 0. The number of alkyl halides is 1. The first-order valence-corrected chi connectivity index (χ1v) is 6.78. The molecule has 0 spiro atoms. The topological polar surface area (TPSA) is 6.48 Å². The summed E-state index contributed by atoms with van der Waals surface area (Å²) in [6.07, 6.45) is 4.07. The van der Waals surface area contributed by atoms with Crippen LogP contribution in [0.1, 0.15) is 26.2 Å². The number of nitrogens with zero attached hydrogens (tertiary/aromatic N) is 2. The summed E-state index contributed by atoms with van der Waals surface area (Å²) in [4.78, 5) is 5.12. The highest BCUT2D eigenvalue weighted by atomic mass is 35.5. The molecule has 88 valence electrons. The lowest BCUT2D eigenvalue weighted by molar-refractivity contribution is 0.173. The zero-order chi connectivity index (χ0) is 10.7. The van der Waals surface area contributed by atoms with Crippen LogP contribution in [0.4, 0.5) is 0 Å². The van der Waals surface area contributed by atoms with E-state index in [0.717, 1.165) is 6.54 Å². The van der Waals surface area contributed by atoms with E-state index in [-0.39, 0.29) is 0 Å². The van der Waals surface area contributed by atoms with Crippen LogP contribution in [0.15, 0.2) is 0 Å². The van der Waals surface area contributed by atoms with Gasteiger partial charge in [0, 0.05) is 25.0 Å². The predicted molar refractivity (Wildman–Crippen MR) is 65.5 cm³/mol. The Kier molecular flexibility index (Phi) is 4.30. The first-order valence-electron chi connectivity index (χ1n) is 6.34. The van der Waals surface area contributed by atoms with Gasteiger partial charge in [0.1, 0.15) is 0 Å². The molecule has 0 radical (unpaired) electrons. The summed E-state index contributed by atoms with van der Waals surface area (Å²) in [5.41, 5.74) is 0. The second-order valence-electron chi connectivity index (χ2n) is 5.13. The second-order valence-corrected chi connectivity index (χ2v) is 5.69. The summed E-state index contributed by atoms with van der Waals surface area (Å²) in [5, 5.41) is 0.373. The first kappa shape index (κ1) is 11.7. The summed E-state index contributed by atoms with van der Waals surface area (Å²) >= 11 is 6.30. The highest BCUT2D eigenvalue weighted by Gasteiger charge is 2.24. The van der Waals surface area contributed by atoms with E-state index in [9.17, 15) is 0 Å². The van der Waals surface area contributed by atoms with Crippen LogP contribution in [-0.4, -0.2) is 54.4 Å². The molecule has 0 amide bonds. The minimum Gasteiger partial charge on any atom is -0.302 e. The quantitative estimate of drug-likeness (QED) is 0.685. The van der Waals surface area contributed by atoms with Gasteiger partial charge in [0.05, 0.1) is 0 Å². The van der Waals surface area contributed by atoms with Crippen molar-refractivity contribution in [2.24, 2.45) is 5.92 Å². The van der Waals surface area contributed by atoms with E-state index in [1.807, 2.05) is 0 Å². The molecule has 0 saturated carbocycles. The third-order valence-corrected chi connectivity index (χ3v) is 4.45. The van der Waals surface area contributed by atoms with Gasteiger partial charge in [-0.3, -0.25) is 0 Å². The Morgan fingerprint density at radius 2 is 1.73 bits per heavy atom. The van der Waals surface area contributed by atoms with Gasteiger partial charge in [0.25, 0.3) is 0 Å². The molecule has 2 unspecified atom stereocenters. The SMILES string of the molecule is CC1CCN(CCN2CCCC2)CC1Cl. The molecule has 2 nitrogen and oxygen atoms in total. The smallest absolute Gasteiger partial charge is 0.0489 e. The van der Waals surface area contributed by atoms with Crippen molar-refractivity contribution in [2.45, 2.75) is 31.6 Å². The van der Waals surface area contributed by atoms with Crippen LogP contribution in [-0.2, 0) is 0 Å². The van der Waals surface area contributed by atoms with Crippen molar-refractivity contribution < 1.29 is 0 Å². The standard InChI is InChI=1S/C12H23ClN2/c1-11-4-7-15(10-12(11)13)9-8-14-5-2-3-6-14/h11-12H,2-10H2,1H3.